The maximum atomic E-state index is 6.13. The van der Waals surface area contributed by atoms with Crippen molar-refractivity contribution in [2.45, 2.75) is 12.8 Å². The van der Waals surface area contributed by atoms with Crippen LogP contribution in [0.4, 0.5) is 0 Å². The Morgan fingerprint density at radius 2 is 1.66 bits per heavy atom. The molecule has 1 aliphatic rings. The minimum atomic E-state index is 0.614. The summed E-state index contributed by atoms with van der Waals surface area (Å²) in [5.41, 5.74) is 5.72. The normalized spacial score (nSPS) is 12.7. The Labute approximate surface area is 223 Å². The number of aromatic nitrogens is 3. The summed E-state index contributed by atoms with van der Waals surface area (Å²) in [6, 6.07) is 32.5. The van der Waals surface area contributed by atoms with Crippen LogP contribution in [-0.2, 0) is 6.42 Å². The lowest BCUT2D eigenvalue weighted by molar-refractivity contribution is 0.669. The van der Waals surface area contributed by atoms with Crippen molar-refractivity contribution >= 4 is 49.4 Å². The van der Waals surface area contributed by atoms with E-state index in [0.29, 0.717) is 17.5 Å². The fourth-order valence-electron chi connectivity index (χ4n) is 5.26. The SMILES string of the molecule is c1ccc2oc3cc(-c4nc(-c5ccccc5)nc(-c5cccc6sc7c(c56)C=CCC7)n4)ccc3c2c#1. The predicted octanol–water partition coefficient (Wildman–Crippen LogP) is 8.55. The van der Waals surface area contributed by atoms with E-state index in [1.54, 1.807) is 0 Å². The van der Waals surface area contributed by atoms with Gasteiger partial charge in [-0.05, 0) is 48.7 Å². The molecule has 3 heterocycles. The quantitative estimate of drug-likeness (QED) is 0.241. The first-order valence-electron chi connectivity index (χ1n) is 12.6. The molecule has 0 spiro atoms. The van der Waals surface area contributed by atoms with Crippen LogP contribution >= 0.6 is 11.3 Å². The fraction of sp³-hybridized carbons (Fsp3) is 0.0606. The van der Waals surface area contributed by atoms with E-state index >= 15 is 0 Å². The summed E-state index contributed by atoms with van der Waals surface area (Å²) in [6.45, 7) is 0. The highest BCUT2D eigenvalue weighted by atomic mass is 32.1. The van der Waals surface area contributed by atoms with Gasteiger partial charge in [-0.2, -0.15) is 0 Å². The van der Waals surface area contributed by atoms with Gasteiger partial charge in [0.1, 0.15) is 11.2 Å². The van der Waals surface area contributed by atoms with E-state index < -0.39 is 0 Å². The Kier molecular flexibility index (Phi) is 4.70. The molecule has 0 unspecified atom stereocenters. The van der Waals surface area contributed by atoms with Gasteiger partial charge < -0.3 is 4.42 Å². The lowest BCUT2D eigenvalue weighted by atomic mass is 9.99. The number of thiophene rings is 1. The third-order valence-corrected chi connectivity index (χ3v) is 8.28. The molecular formula is C33H19N3OS. The first-order chi connectivity index (χ1) is 18.8. The molecule has 178 valence electrons. The summed E-state index contributed by atoms with van der Waals surface area (Å²) in [5.74, 6) is 1.94. The van der Waals surface area contributed by atoms with Gasteiger partial charge in [0.2, 0.25) is 0 Å². The van der Waals surface area contributed by atoms with Crippen LogP contribution in [-0.4, -0.2) is 15.0 Å². The van der Waals surface area contributed by atoms with Crippen LogP contribution in [0, 0.1) is 12.1 Å². The summed E-state index contributed by atoms with van der Waals surface area (Å²) in [6.07, 6.45) is 6.68. The van der Waals surface area contributed by atoms with Crippen molar-refractivity contribution in [2.24, 2.45) is 0 Å². The Morgan fingerprint density at radius 1 is 0.789 bits per heavy atom. The zero-order valence-corrected chi connectivity index (χ0v) is 21.0. The maximum absolute atomic E-state index is 6.13. The highest BCUT2D eigenvalue weighted by Crippen LogP contribution is 2.41. The molecule has 4 aromatic carbocycles. The number of hydrogen-bond acceptors (Lipinski definition) is 5. The van der Waals surface area contributed by atoms with Crippen LogP contribution in [0.15, 0.2) is 89.4 Å². The monoisotopic (exact) mass is 505 g/mol. The summed E-state index contributed by atoms with van der Waals surface area (Å²) in [4.78, 5) is 16.4. The van der Waals surface area contributed by atoms with Gasteiger partial charge in [-0.3, -0.25) is 0 Å². The van der Waals surface area contributed by atoms with E-state index in [-0.39, 0.29) is 0 Å². The van der Waals surface area contributed by atoms with Crippen molar-refractivity contribution in [3.63, 3.8) is 0 Å². The molecule has 8 rings (SSSR count). The third kappa shape index (κ3) is 3.35. The van der Waals surface area contributed by atoms with Crippen LogP contribution in [0.5, 0.6) is 0 Å². The van der Waals surface area contributed by atoms with Gasteiger partial charge in [0.05, 0.1) is 5.39 Å². The van der Waals surface area contributed by atoms with Gasteiger partial charge in [0.15, 0.2) is 17.5 Å². The van der Waals surface area contributed by atoms with E-state index in [2.05, 4.69) is 42.5 Å². The molecule has 4 nitrogen and oxygen atoms in total. The van der Waals surface area contributed by atoms with Gasteiger partial charge in [-0.1, -0.05) is 72.8 Å². The molecule has 0 saturated carbocycles. The Balaban J connectivity index is 1.37. The topological polar surface area (TPSA) is 51.8 Å². The molecule has 0 atom stereocenters. The Hall–Kier alpha value is -4.79. The fourth-order valence-corrected chi connectivity index (χ4v) is 6.49. The van der Waals surface area contributed by atoms with Gasteiger partial charge in [0.25, 0.3) is 0 Å². The smallest absolute Gasteiger partial charge is 0.164 e. The van der Waals surface area contributed by atoms with E-state index in [0.717, 1.165) is 51.5 Å². The molecule has 1 aliphatic carbocycles. The van der Waals surface area contributed by atoms with Crippen LogP contribution < -0.4 is 0 Å². The zero-order chi connectivity index (χ0) is 25.1. The molecule has 0 N–H and O–H groups in total. The first kappa shape index (κ1) is 21.3. The average Bonchev–Trinajstić information content (AvgIpc) is 3.55. The number of benzene rings is 3. The lowest BCUT2D eigenvalue weighted by Crippen LogP contribution is -2.00. The molecule has 3 aromatic heterocycles. The molecule has 0 bridgehead atoms. The van der Waals surface area contributed by atoms with Crippen molar-refractivity contribution < 1.29 is 4.42 Å². The summed E-state index contributed by atoms with van der Waals surface area (Å²) in [5, 5.41) is 3.15. The summed E-state index contributed by atoms with van der Waals surface area (Å²) in [7, 11) is 0. The standard InChI is InChI=1S/C33H19N3OS/c1-2-9-20(10-3-1)31-34-32(21-17-18-23-22-11-4-6-14-26(22)37-27(23)19-21)36-33(35-31)25-13-8-16-29-30(25)24-12-5-7-15-28(24)38-29/h1-3,5-6,8-10,12-14,16-19H,7,15H2. The number of furan rings is 1. The van der Waals surface area contributed by atoms with Crippen LogP contribution in [0.1, 0.15) is 16.9 Å². The second kappa shape index (κ2) is 8.37. The number of nitrogens with zero attached hydrogens (tertiary/aromatic N) is 3. The maximum Gasteiger partial charge on any atom is 0.164 e. The minimum Gasteiger partial charge on any atom is -0.455 e. The number of aryl methyl sites for hydroxylation is 1. The third-order valence-electron chi connectivity index (χ3n) is 7.05. The predicted molar refractivity (Wildman–Crippen MR) is 154 cm³/mol. The van der Waals surface area contributed by atoms with Crippen LogP contribution in [0.3, 0.4) is 0 Å². The van der Waals surface area contributed by atoms with Gasteiger partial charge in [-0.25, -0.2) is 15.0 Å². The van der Waals surface area contributed by atoms with Crippen molar-refractivity contribution in [3.8, 4) is 34.2 Å². The van der Waals surface area contributed by atoms with Gasteiger partial charge in [-0.15, -0.1) is 11.3 Å². The van der Waals surface area contributed by atoms with E-state index in [1.807, 2.05) is 72.0 Å². The highest BCUT2D eigenvalue weighted by Gasteiger charge is 2.20. The van der Waals surface area contributed by atoms with E-state index in [4.69, 9.17) is 19.4 Å². The first-order valence-corrected chi connectivity index (χ1v) is 13.4. The van der Waals surface area contributed by atoms with Crippen LogP contribution in [0.25, 0.3) is 72.3 Å². The second-order valence-electron chi connectivity index (χ2n) is 9.39. The minimum absolute atomic E-state index is 0.614. The number of rotatable bonds is 3. The zero-order valence-electron chi connectivity index (χ0n) is 20.2. The highest BCUT2D eigenvalue weighted by molar-refractivity contribution is 7.19. The molecule has 0 aliphatic heterocycles. The molecule has 7 aromatic rings. The summed E-state index contributed by atoms with van der Waals surface area (Å²) < 4.78 is 7.39. The lowest BCUT2D eigenvalue weighted by Gasteiger charge is -2.10. The van der Waals surface area contributed by atoms with Crippen molar-refractivity contribution in [1.82, 2.24) is 15.0 Å². The van der Waals surface area contributed by atoms with Crippen molar-refractivity contribution in [2.75, 3.05) is 0 Å². The molecule has 0 amide bonds. The number of allylic oxidation sites excluding steroid dienone is 1. The molecule has 38 heavy (non-hydrogen) atoms. The van der Waals surface area contributed by atoms with E-state index in [9.17, 15) is 0 Å². The Morgan fingerprint density at radius 3 is 2.58 bits per heavy atom. The van der Waals surface area contributed by atoms with Crippen molar-refractivity contribution in [1.29, 1.82) is 0 Å². The molecule has 0 fully saturated rings. The number of fused-ring (bicyclic) bond motifs is 6. The molecular weight excluding hydrogens is 486 g/mol. The molecule has 5 heteroatoms. The number of hydrogen-bond donors (Lipinski definition) is 0. The largest absolute Gasteiger partial charge is 0.455 e. The molecule has 0 radical (unpaired) electrons. The second-order valence-corrected chi connectivity index (χ2v) is 10.5. The van der Waals surface area contributed by atoms with Gasteiger partial charge in [0, 0.05) is 37.0 Å². The van der Waals surface area contributed by atoms with Gasteiger partial charge >= 0.3 is 0 Å². The van der Waals surface area contributed by atoms with Crippen LogP contribution in [0.2, 0.25) is 0 Å². The summed E-state index contributed by atoms with van der Waals surface area (Å²) >= 11 is 1.87. The Bertz CT molecular complexity index is 2030. The average molecular weight is 506 g/mol. The van der Waals surface area contributed by atoms with Crippen molar-refractivity contribution in [3.05, 3.63) is 108 Å². The van der Waals surface area contributed by atoms with E-state index in [1.165, 1.54) is 20.5 Å². The molecule has 0 saturated heterocycles.